The molecule has 1 N–H and O–H groups in total. The van der Waals surface area contributed by atoms with Crippen LogP contribution in [0.2, 0.25) is 0 Å². The summed E-state index contributed by atoms with van der Waals surface area (Å²) in [6, 6.07) is 5.62. The van der Waals surface area contributed by atoms with Crippen molar-refractivity contribution in [2.75, 3.05) is 25.0 Å². The number of non-ortho nitro benzene ring substituents is 1. The summed E-state index contributed by atoms with van der Waals surface area (Å²) < 4.78 is 0.954. The van der Waals surface area contributed by atoms with Crippen molar-refractivity contribution >= 4 is 34.0 Å². The molecule has 6 heteroatoms. The van der Waals surface area contributed by atoms with Crippen molar-refractivity contribution in [3.05, 3.63) is 31.9 Å². The van der Waals surface area contributed by atoms with Gasteiger partial charge in [0, 0.05) is 34.8 Å². The second-order valence-corrected chi connectivity index (χ2v) is 5.96. The Bertz CT molecular complexity index is 465. The molecular weight excluding hydrogens is 357 g/mol. The molecule has 0 aliphatic carbocycles. The van der Waals surface area contributed by atoms with Gasteiger partial charge in [0.05, 0.1) is 10.6 Å². The van der Waals surface area contributed by atoms with Crippen LogP contribution in [0.1, 0.15) is 19.3 Å². The van der Waals surface area contributed by atoms with Crippen LogP contribution in [0.25, 0.3) is 0 Å². The Kier molecular flexibility index (Phi) is 4.98. The molecule has 1 fully saturated rings. The molecule has 0 radical (unpaired) electrons. The number of nitro groups is 1. The van der Waals surface area contributed by atoms with Gasteiger partial charge in [0.15, 0.2) is 0 Å². The van der Waals surface area contributed by atoms with Crippen LogP contribution in [0, 0.1) is 13.7 Å². The fourth-order valence-corrected chi connectivity index (χ4v) is 3.42. The molecule has 1 unspecified atom stereocenters. The first-order chi connectivity index (χ1) is 9.13. The van der Waals surface area contributed by atoms with E-state index in [1.165, 1.54) is 19.3 Å². The smallest absolute Gasteiger partial charge is 0.270 e. The molecule has 0 spiro atoms. The Hall–Kier alpha value is -0.890. The zero-order valence-electron chi connectivity index (χ0n) is 10.9. The highest BCUT2D eigenvalue weighted by Gasteiger charge is 2.24. The van der Waals surface area contributed by atoms with E-state index in [0.717, 1.165) is 22.3 Å². The van der Waals surface area contributed by atoms with Gasteiger partial charge in [-0.25, -0.2) is 0 Å². The molecule has 0 saturated carbocycles. The fraction of sp³-hybridized carbons (Fsp3) is 0.538. The van der Waals surface area contributed by atoms with Gasteiger partial charge >= 0.3 is 0 Å². The van der Waals surface area contributed by atoms with E-state index in [9.17, 15) is 10.1 Å². The minimum atomic E-state index is -0.340. The molecule has 1 aromatic carbocycles. The maximum Gasteiger partial charge on any atom is 0.270 e. The third kappa shape index (κ3) is 3.36. The van der Waals surface area contributed by atoms with Crippen molar-refractivity contribution in [2.45, 2.75) is 25.3 Å². The van der Waals surface area contributed by atoms with E-state index >= 15 is 0 Å². The topological polar surface area (TPSA) is 58.4 Å². The summed E-state index contributed by atoms with van der Waals surface area (Å²) in [5, 5.41) is 14.0. The van der Waals surface area contributed by atoms with Crippen molar-refractivity contribution < 1.29 is 4.92 Å². The molecule has 1 saturated heterocycles. The third-order valence-corrected chi connectivity index (χ3v) is 4.38. The Morgan fingerprint density at radius 2 is 2.32 bits per heavy atom. The van der Waals surface area contributed by atoms with Crippen LogP contribution in [0.3, 0.4) is 0 Å². The van der Waals surface area contributed by atoms with Gasteiger partial charge < -0.3 is 10.2 Å². The number of halogens is 1. The zero-order chi connectivity index (χ0) is 13.8. The number of nitro benzene ring substituents is 1. The molecule has 0 amide bonds. The monoisotopic (exact) mass is 375 g/mol. The molecule has 104 valence electrons. The van der Waals surface area contributed by atoms with Crippen LogP contribution in [-0.4, -0.2) is 31.1 Å². The standard InChI is InChI=1S/C13H18IN3O2/c1-15-9-11-4-2-3-7-16(11)13-6-5-10(17(18)19)8-12(13)14/h5-6,8,11,15H,2-4,7,9H2,1H3. The van der Waals surface area contributed by atoms with Gasteiger partial charge in [-0.05, 0) is 55.0 Å². The molecule has 5 nitrogen and oxygen atoms in total. The maximum absolute atomic E-state index is 10.8. The second-order valence-electron chi connectivity index (χ2n) is 4.79. The number of nitrogens with zero attached hydrogens (tertiary/aromatic N) is 2. The van der Waals surface area contributed by atoms with Crippen molar-refractivity contribution in [1.82, 2.24) is 5.32 Å². The summed E-state index contributed by atoms with van der Waals surface area (Å²) in [6.45, 7) is 1.98. The minimum Gasteiger partial charge on any atom is -0.366 e. The molecular formula is C13H18IN3O2. The summed E-state index contributed by atoms with van der Waals surface area (Å²) in [7, 11) is 1.97. The molecule has 2 rings (SSSR count). The average Bonchev–Trinajstić information content (AvgIpc) is 2.40. The Labute approximate surface area is 126 Å². The normalized spacial score (nSPS) is 19.5. The van der Waals surface area contributed by atoms with Gasteiger partial charge in [0.2, 0.25) is 0 Å². The predicted octanol–water partition coefficient (Wildman–Crippen LogP) is 2.78. The Morgan fingerprint density at radius 1 is 1.53 bits per heavy atom. The lowest BCUT2D eigenvalue weighted by Gasteiger charge is -2.38. The average molecular weight is 375 g/mol. The maximum atomic E-state index is 10.8. The lowest BCUT2D eigenvalue weighted by Crippen LogP contribution is -2.45. The summed E-state index contributed by atoms with van der Waals surface area (Å²) in [4.78, 5) is 12.8. The van der Waals surface area contributed by atoms with Crippen molar-refractivity contribution in [3.8, 4) is 0 Å². The van der Waals surface area contributed by atoms with Gasteiger partial charge in [-0.2, -0.15) is 0 Å². The van der Waals surface area contributed by atoms with Crippen LogP contribution in [0.15, 0.2) is 18.2 Å². The van der Waals surface area contributed by atoms with Crippen molar-refractivity contribution in [2.24, 2.45) is 0 Å². The molecule has 1 aliphatic rings. The molecule has 0 bridgehead atoms. The van der Waals surface area contributed by atoms with Gasteiger partial charge in [0.25, 0.3) is 5.69 Å². The number of hydrogen-bond acceptors (Lipinski definition) is 4. The van der Waals surface area contributed by atoms with E-state index in [0.29, 0.717) is 6.04 Å². The lowest BCUT2D eigenvalue weighted by molar-refractivity contribution is -0.384. The first kappa shape index (κ1) is 14.5. The minimum absolute atomic E-state index is 0.162. The zero-order valence-corrected chi connectivity index (χ0v) is 13.1. The number of hydrogen-bond donors (Lipinski definition) is 1. The quantitative estimate of drug-likeness (QED) is 0.500. The molecule has 1 atom stereocenters. The SMILES string of the molecule is CNCC1CCCCN1c1ccc([N+](=O)[O-])cc1I. The fourth-order valence-electron chi connectivity index (χ4n) is 2.61. The van der Waals surface area contributed by atoms with Crippen LogP contribution in [0.5, 0.6) is 0 Å². The summed E-state index contributed by atoms with van der Waals surface area (Å²) in [5.74, 6) is 0. The highest BCUT2D eigenvalue weighted by molar-refractivity contribution is 14.1. The summed E-state index contributed by atoms with van der Waals surface area (Å²) in [6.07, 6.45) is 3.62. The molecule has 1 heterocycles. The highest BCUT2D eigenvalue weighted by Crippen LogP contribution is 2.31. The van der Waals surface area contributed by atoms with Gasteiger partial charge in [-0.3, -0.25) is 10.1 Å². The number of anilines is 1. The van der Waals surface area contributed by atoms with Gasteiger partial charge in [-0.1, -0.05) is 0 Å². The molecule has 0 aromatic heterocycles. The van der Waals surface area contributed by atoms with Crippen molar-refractivity contribution in [3.63, 3.8) is 0 Å². The first-order valence-electron chi connectivity index (χ1n) is 6.48. The molecule has 19 heavy (non-hydrogen) atoms. The van der Waals surface area contributed by atoms with Crippen LogP contribution in [0.4, 0.5) is 11.4 Å². The third-order valence-electron chi connectivity index (χ3n) is 3.52. The largest absolute Gasteiger partial charge is 0.366 e. The van der Waals surface area contributed by atoms with Crippen LogP contribution < -0.4 is 10.2 Å². The van der Waals surface area contributed by atoms with Crippen LogP contribution >= 0.6 is 22.6 Å². The van der Waals surface area contributed by atoms with E-state index in [1.807, 2.05) is 13.1 Å². The predicted molar refractivity (Wildman–Crippen MR) is 84.7 cm³/mol. The number of rotatable bonds is 4. The number of nitrogens with one attached hydrogen (secondary N) is 1. The van der Waals surface area contributed by atoms with E-state index < -0.39 is 0 Å². The number of likely N-dealkylation sites (N-methyl/N-ethyl adjacent to an activating group) is 1. The second kappa shape index (κ2) is 6.51. The van der Waals surface area contributed by atoms with Gasteiger partial charge in [0.1, 0.15) is 0 Å². The summed E-state index contributed by atoms with van der Waals surface area (Å²) >= 11 is 2.19. The Balaban J connectivity index is 2.26. The van der Waals surface area contributed by atoms with Crippen LogP contribution in [-0.2, 0) is 0 Å². The van der Waals surface area contributed by atoms with Gasteiger partial charge in [-0.15, -0.1) is 0 Å². The van der Waals surface area contributed by atoms with E-state index in [4.69, 9.17) is 0 Å². The number of benzene rings is 1. The first-order valence-corrected chi connectivity index (χ1v) is 7.56. The van der Waals surface area contributed by atoms with E-state index in [1.54, 1.807) is 12.1 Å². The molecule has 1 aliphatic heterocycles. The summed E-state index contributed by atoms with van der Waals surface area (Å²) in [5.41, 5.74) is 1.28. The molecule has 1 aromatic rings. The Morgan fingerprint density at radius 3 is 2.95 bits per heavy atom. The van der Waals surface area contributed by atoms with Crippen molar-refractivity contribution in [1.29, 1.82) is 0 Å². The lowest BCUT2D eigenvalue weighted by atomic mass is 10.0. The number of piperidine rings is 1. The highest BCUT2D eigenvalue weighted by atomic mass is 127. The van der Waals surface area contributed by atoms with E-state index in [2.05, 4.69) is 32.8 Å². The van der Waals surface area contributed by atoms with E-state index in [-0.39, 0.29) is 10.6 Å².